The second kappa shape index (κ2) is 11.6. The van der Waals surface area contributed by atoms with E-state index in [0.29, 0.717) is 31.4 Å². The van der Waals surface area contributed by atoms with Gasteiger partial charge in [-0.1, -0.05) is 6.07 Å². The molecule has 0 fully saturated rings. The van der Waals surface area contributed by atoms with Crippen LogP contribution in [0.4, 0.5) is 4.39 Å². The van der Waals surface area contributed by atoms with Gasteiger partial charge in [0.15, 0.2) is 5.96 Å². The summed E-state index contributed by atoms with van der Waals surface area (Å²) in [4.78, 5) is 4.08. The summed E-state index contributed by atoms with van der Waals surface area (Å²) >= 11 is 0. The number of aliphatic imine (C=N–C) groups is 1. The van der Waals surface area contributed by atoms with Crippen molar-refractivity contribution in [3.63, 3.8) is 0 Å². The third-order valence-electron chi connectivity index (χ3n) is 2.51. The van der Waals surface area contributed by atoms with Crippen molar-refractivity contribution in [3.8, 4) is 5.75 Å². The van der Waals surface area contributed by atoms with Crippen LogP contribution in [-0.4, -0.2) is 45.9 Å². The summed E-state index contributed by atoms with van der Waals surface area (Å²) in [5, 5.41) is 6.22. The zero-order valence-corrected chi connectivity index (χ0v) is 14.9. The fraction of sp³-hybridized carbons (Fsp3) is 0.500. The maximum atomic E-state index is 13.0. The molecule has 0 radical (unpaired) electrons. The minimum atomic E-state index is -0.306. The molecule has 0 aliphatic rings. The highest BCUT2D eigenvalue weighted by molar-refractivity contribution is 14.0. The first kappa shape index (κ1) is 19.9. The lowest BCUT2D eigenvalue weighted by atomic mass is 10.3. The van der Waals surface area contributed by atoms with Crippen LogP contribution in [0.25, 0.3) is 0 Å². The highest BCUT2D eigenvalue weighted by Crippen LogP contribution is 2.13. The first-order valence-electron chi connectivity index (χ1n) is 6.51. The second-order valence-corrected chi connectivity index (χ2v) is 4.26. The van der Waals surface area contributed by atoms with Crippen LogP contribution in [0.5, 0.6) is 5.75 Å². The number of rotatable bonds is 7. The normalized spacial score (nSPS) is 12.3. The number of hydrogen-bond acceptors (Lipinski definition) is 3. The SMILES string of the molecule is CN=C(NCCOC)NCC(C)Oc1cccc(F)c1.I. The Balaban J connectivity index is 0.00000400. The van der Waals surface area contributed by atoms with Crippen molar-refractivity contribution in [3.05, 3.63) is 30.1 Å². The predicted octanol–water partition coefficient (Wildman–Crippen LogP) is 2.02. The Labute approximate surface area is 142 Å². The molecule has 0 aromatic heterocycles. The molecule has 1 aromatic rings. The van der Waals surface area contributed by atoms with E-state index in [2.05, 4.69) is 15.6 Å². The second-order valence-electron chi connectivity index (χ2n) is 4.26. The average molecular weight is 411 g/mol. The molecule has 0 amide bonds. The smallest absolute Gasteiger partial charge is 0.191 e. The van der Waals surface area contributed by atoms with Gasteiger partial charge in [-0.3, -0.25) is 4.99 Å². The Bertz CT molecular complexity index is 432. The molecule has 1 rings (SSSR count). The van der Waals surface area contributed by atoms with E-state index in [9.17, 15) is 4.39 Å². The number of halogens is 2. The van der Waals surface area contributed by atoms with Gasteiger partial charge in [0.05, 0.1) is 13.2 Å². The molecule has 1 aromatic carbocycles. The molecule has 21 heavy (non-hydrogen) atoms. The quantitative estimate of drug-likeness (QED) is 0.312. The summed E-state index contributed by atoms with van der Waals surface area (Å²) < 4.78 is 23.6. The van der Waals surface area contributed by atoms with Crippen molar-refractivity contribution < 1.29 is 13.9 Å². The largest absolute Gasteiger partial charge is 0.489 e. The van der Waals surface area contributed by atoms with E-state index in [1.807, 2.05) is 6.92 Å². The third-order valence-corrected chi connectivity index (χ3v) is 2.51. The summed E-state index contributed by atoms with van der Waals surface area (Å²) in [6.07, 6.45) is -0.113. The number of nitrogens with one attached hydrogen (secondary N) is 2. The molecule has 5 nitrogen and oxygen atoms in total. The summed E-state index contributed by atoms with van der Waals surface area (Å²) in [5.74, 6) is 0.887. The minimum absolute atomic E-state index is 0. The van der Waals surface area contributed by atoms with Crippen LogP contribution >= 0.6 is 24.0 Å². The van der Waals surface area contributed by atoms with Gasteiger partial charge in [0.1, 0.15) is 17.7 Å². The van der Waals surface area contributed by atoms with Crippen LogP contribution in [0.15, 0.2) is 29.3 Å². The number of benzene rings is 1. The van der Waals surface area contributed by atoms with Gasteiger partial charge in [-0.25, -0.2) is 4.39 Å². The molecule has 0 saturated carbocycles. The Hall–Kier alpha value is -1.09. The van der Waals surface area contributed by atoms with Gasteiger partial charge < -0.3 is 20.1 Å². The third kappa shape index (κ3) is 8.71. The standard InChI is InChI=1S/C14H22FN3O2.HI/c1-11(20-13-6-4-5-12(15)9-13)10-18-14(16-2)17-7-8-19-3;/h4-6,9,11H,7-8,10H2,1-3H3,(H2,16,17,18);1H. The van der Waals surface area contributed by atoms with Crippen LogP contribution in [-0.2, 0) is 4.74 Å². The molecular weight excluding hydrogens is 388 g/mol. The number of hydrogen-bond donors (Lipinski definition) is 2. The Kier molecular flexibility index (Phi) is 11.0. The van der Waals surface area contributed by atoms with Crippen molar-refractivity contribution in [2.24, 2.45) is 4.99 Å². The summed E-state index contributed by atoms with van der Waals surface area (Å²) in [6.45, 7) is 3.74. The summed E-state index contributed by atoms with van der Waals surface area (Å²) in [6, 6.07) is 6.10. The maximum absolute atomic E-state index is 13.0. The van der Waals surface area contributed by atoms with E-state index < -0.39 is 0 Å². The van der Waals surface area contributed by atoms with Crippen molar-refractivity contribution in [2.75, 3.05) is 33.9 Å². The van der Waals surface area contributed by atoms with Crippen molar-refractivity contribution >= 4 is 29.9 Å². The predicted molar refractivity (Wildman–Crippen MR) is 93.1 cm³/mol. The van der Waals surface area contributed by atoms with Crippen LogP contribution < -0.4 is 15.4 Å². The van der Waals surface area contributed by atoms with Gasteiger partial charge in [-0.15, -0.1) is 24.0 Å². The van der Waals surface area contributed by atoms with Gasteiger partial charge in [0.25, 0.3) is 0 Å². The van der Waals surface area contributed by atoms with Crippen LogP contribution in [0.3, 0.4) is 0 Å². The Morgan fingerprint density at radius 3 is 2.76 bits per heavy atom. The van der Waals surface area contributed by atoms with Crippen molar-refractivity contribution in [2.45, 2.75) is 13.0 Å². The van der Waals surface area contributed by atoms with Gasteiger partial charge in [-0.2, -0.15) is 0 Å². The van der Waals surface area contributed by atoms with E-state index in [1.165, 1.54) is 12.1 Å². The van der Waals surface area contributed by atoms with Crippen LogP contribution in [0.1, 0.15) is 6.92 Å². The van der Waals surface area contributed by atoms with E-state index in [4.69, 9.17) is 9.47 Å². The number of nitrogens with zero attached hydrogens (tertiary/aromatic N) is 1. The van der Waals surface area contributed by atoms with Gasteiger partial charge in [-0.05, 0) is 19.1 Å². The molecule has 0 heterocycles. The fourth-order valence-corrected chi connectivity index (χ4v) is 1.55. The summed E-state index contributed by atoms with van der Waals surface area (Å²) in [7, 11) is 3.34. The molecule has 1 atom stereocenters. The lowest BCUT2D eigenvalue weighted by molar-refractivity contribution is 0.203. The zero-order chi connectivity index (χ0) is 14.8. The maximum Gasteiger partial charge on any atom is 0.191 e. The Morgan fingerprint density at radius 1 is 1.38 bits per heavy atom. The lowest BCUT2D eigenvalue weighted by Crippen LogP contribution is -2.42. The van der Waals surface area contributed by atoms with Crippen molar-refractivity contribution in [1.82, 2.24) is 10.6 Å². The summed E-state index contributed by atoms with van der Waals surface area (Å²) in [5.41, 5.74) is 0. The topological polar surface area (TPSA) is 54.9 Å². The van der Waals surface area contributed by atoms with E-state index in [-0.39, 0.29) is 35.9 Å². The number of ether oxygens (including phenoxy) is 2. The van der Waals surface area contributed by atoms with Crippen molar-refractivity contribution in [1.29, 1.82) is 0 Å². The van der Waals surface area contributed by atoms with Crippen LogP contribution in [0, 0.1) is 5.82 Å². The molecule has 0 spiro atoms. The highest BCUT2D eigenvalue weighted by Gasteiger charge is 2.06. The molecule has 0 aliphatic carbocycles. The highest BCUT2D eigenvalue weighted by atomic mass is 127. The van der Waals surface area contributed by atoms with Gasteiger partial charge >= 0.3 is 0 Å². The molecule has 120 valence electrons. The molecule has 0 saturated heterocycles. The number of guanidine groups is 1. The molecule has 1 unspecified atom stereocenters. The molecule has 2 N–H and O–H groups in total. The molecule has 7 heteroatoms. The molecule has 0 bridgehead atoms. The average Bonchev–Trinajstić information content (AvgIpc) is 2.42. The minimum Gasteiger partial charge on any atom is -0.489 e. The van der Waals surface area contributed by atoms with Gasteiger partial charge in [0, 0.05) is 26.8 Å². The first-order chi connectivity index (χ1) is 9.65. The first-order valence-corrected chi connectivity index (χ1v) is 6.51. The molecular formula is C14H23FIN3O2. The van der Waals surface area contributed by atoms with E-state index in [0.717, 1.165) is 0 Å². The number of methoxy groups -OCH3 is 1. The Morgan fingerprint density at radius 2 is 2.14 bits per heavy atom. The van der Waals surface area contributed by atoms with E-state index in [1.54, 1.807) is 26.3 Å². The zero-order valence-electron chi connectivity index (χ0n) is 12.6. The van der Waals surface area contributed by atoms with Crippen LogP contribution in [0.2, 0.25) is 0 Å². The van der Waals surface area contributed by atoms with Gasteiger partial charge in [0.2, 0.25) is 0 Å². The fourth-order valence-electron chi connectivity index (χ4n) is 1.55. The lowest BCUT2D eigenvalue weighted by Gasteiger charge is -2.17. The molecule has 0 aliphatic heterocycles. The monoisotopic (exact) mass is 411 g/mol. The van der Waals surface area contributed by atoms with E-state index >= 15 is 0 Å².